The van der Waals surface area contributed by atoms with E-state index in [-0.39, 0.29) is 23.7 Å². The van der Waals surface area contributed by atoms with E-state index in [1.165, 1.54) is 6.92 Å². The lowest BCUT2D eigenvalue weighted by atomic mass is 10.3. The predicted molar refractivity (Wildman–Crippen MR) is 65.0 cm³/mol. The zero-order valence-electron chi connectivity index (χ0n) is 9.77. The van der Waals surface area contributed by atoms with Gasteiger partial charge >= 0.3 is 0 Å². The SMILES string of the molecule is CC(=O)NC(CS)C(=O)NCC1COCCO1. The summed E-state index contributed by atoms with van der Waals surface area (Å²) in [6, 6.07) is -0.611. The smallest absolute Gasteiger partial charge is 0.243 e. The van der Waals surface area contributed by atoms with Crippen LogP contribution in [0.4, 0.5) is 0 Å². The Morgan fingerprint density at radius 2 is 2.24 bits per heavy atom. The Kier molecular flexibility index (Phi) is 6.31. The summed E-state index contributed by atoms with van der Waals surface area (Å²) < 4.78 is 10.6. The molecule has 98 valence electrons. The number of rotatable bonds is 5. The molecular weight excluding hydrogens is 244 g/mol. The van der Waals surface area contributed by atoms with Crippen LogP contribution in [-0.2, 0) is 19.1 Å². The van der Waals surface area contributed by atoms with Gasteiger partial charge in [-0.05, 0) is 0 Å². The van der Waals surface area contributed by atoms with Crippen molar-refractivity contribution in [2.45, 2.75) is 19.1 Å². The molecule has 7 heteroatoms. The lowest BCUT2D eigenvalue weighted by Crippen LogP contribution is -2.50. The molecule has 0 aromatic rings. The van der Waals surface area contributed by atoms with Gasteiger partial charge in [0, 0.05) is 19.2 Å². The summed E-state index contributed by atoms with van der Waals surface area (Å²) in [6.07, 6.45) is -0.120. The van der Waals surface area contributed by atoms with E-state index in [9.17, 15) is 9.59 Å². The van der Waals surface area contributed by atoms with Gasteiger partial charge in [-0.1, -0.05) is 0 Å². The van der Waals surface area contributed by atoms with Crippen molar-refractivity contribution in [3.63, 3.8) is 0 Å². The summed E-state index contributed by atoms with van der Waals surface area (Å²) in [5.74, 6) is -0.256. The van der Waals surface area contributed by atoms with Gasteiger partial charge in [-0.3, -0.25) is 9.59 Å². The van der Waals surface area contributed by atoms with Crippen LogP contribution in [0.3, 0.4) is 0 Å². The molecule has 0 radical (unpaired) electrons. The van der Waals surface area contributed by atoms with Gasteiger partial charge in [0.15, 0.2) is 0 Å². The molecule has 2 atom stereocenters. The highest BCUT2D eigenvalue weighted by molar-refractivity contribution is 7.80. The van der Waals surface area contributed by atoms with Crippen LogP contribution in [0.1, 0.15) is 6.92 Å². The molecule has 0 spiro atoms. The molecule has 0 bridgehead atoms. The zero-order chi connectivity index (χ0) is 12.7. The van der Waals surface area contributed by atoms with Gasteiger partial charge in [-0.2, -0.15) is 12.6 Å². The Morgan fingerprint density at radius 3 is 2.76 bits per heavy atom. The normalized spacial score (nSPS) is 21.6. The molecule has 0 aromatic heterocycles. The maximum atomic E-state index is 11.7. The minimum Gasteiger partial charge on any atom is -0.376 e. The number of thiol groups is 1. The van der Waals surface area contributed by atoms with Crippen LogP contribution >= 0.6 is 12.6 Å². The van der Waals surface area contributed by atoms with Crippen molar-refractivity contribution in [3.05, 3.63) is 0 Å². The van der Waals surface area contributed by atoms with Gasteiger partial charge in [0.1, 0.15) is 6.04 Å². The molecule has 2 amide bonds. The summed E-state index contributed by atoms with van der Waals surface area (Å²) in [6.45, 7) is 3.36. The second-order valence-corrected chi connectivity index (χ2v) is 4.11. The Hall–Kier alpha value is -0.790. The average Bonchev–Trinajstić information content (AvgIpc) is 2.34. The molecule has 2 N–H and O–H groups in total. The molecular formula is C10H18N2O4S. The predicted octanol–water partition coefficient (Wildman–Crippen LogP) is -1.05. The Balaban J connectivity index is 2.28. The lowest BCUT2D eigenvalue weighted by Gasteiger charge is -2.24. The molecule has 1 rings (SSSR count). The van der Waals surface area contributed by atoms with E-state index >= 15 is 0 Å². The first-order valence-corrected chi connectivity index (χ1v) is 6.11. The lowest BCUT2D eigenvalue weighted by molar-refractivity contribution is -0.129. The van der Waals surface area contributed by atoms with Crippen LogP contribution in [0.5, 0.6) is 0 Å². The first-order chi connectivity index (χ1) is 8.13. The highest BCUT2D eigenvalue weighted by Gasteiger charge is 2.20. The number of carbonyl (C=O) groups is 2. The van der Waals surface area contributed by atoms with Gasteiger partial charge in [-0.25, -0.2) is 0 Å². The first-order valence-electron chi connectivity index (χ1n) is 5.48. The van der Waals surface area contributed by atoms with E-state index in [2.05, 4.69) is 23.3 Å². The highest BCUT2D eigenvalue weighted by atomic mass is 32.1. The summed E-state index contributed by atoms with van der Waals surface area (Å²) in [5, 5.41) is 5.22. The third-order valence-corrected chi connectivity index (χ3v) is 2.63. The number of hydrogen-bond donors (Lipinski definition) is 3. The van der Waals surface area contributed by atoms with E-state index in [0.717, 1.165) is 0 Å². The van der Waals surface area contributed by atoms with Crippen molar-refractivity contribution in [1.29, 1.82) is 0 Å². The van der Waals surface area contributed by atoms with E-state index < -0.39 is 6.04 Å². The molecule has 0 saturated carbocycles. The van der Waals surface area contributed by atoms with Crippen LogP contribution < -0.4 is 10.6 Å². The summed E-state index contributed by atoms with van der Waals surface area (Å²) >= 11 is 4.02. The largest absolute Gasteiger partial charge is 0.376 e. The quantitative estimate of drug-likeness (QED) is 0.553. The van der Waals surface area contributed by atoms with E-state index in [1.807, 2.05) is 0 Å². The number of hydrogen-bond acceptors (Lipinski definition) is 5. The fraction of sp³-hybridized carbons (Fsp3) is 0.800. The third kappa shape index (κ3) is 5.38. The second-order valence-electron chi connectivity index (χ2n) is 3.75. The van der Waals surface area contributed by atoms with Crippen LogP contribution in [0, 0.1) is 0 Å². The highest BCUT2D eigenvalue weighted by Crippen LogP contribution is 1.99. The van der Waals surface area contributed by atoms with Crippen LogP contribution in [0.15, 0.2) is 0 Å². The minimum absolute atomic E-state index is 0.120. The van der Waals surface area contributed by atoms with Gasteiger partial charge < -0.3 is 20.1 Å². The van der Waals surface area contributed by atoms with E-state index in [0.29, 0.717) is 26.4 Å². The molecule has 2 unspecified atom stereocenters. The Morgan fingerprint density at radius 1 is 1.47 bits per heavy atom. The van der Waals surface area contributed by atoms with Crippen LogP contribution in [0.25, 0.3) is 0 Å². The molecule has 1 heterocycles. The molecule has 1 saturated heterocycles. The molecule has 0 aliphatic carbocycles. The second kappa shape index (κ2) is 7.52. The fourth-order valence-corrected chi connectivity index (χ4v) is 1.69. The van der Waals surface area contributed by atoms with Crippen molar-refractivity contribution >= 4 is 24.4 Å². The van der Waals surface area contributed by atoms with Gasteiger partial charge in [0.2, 0.25) is 11.8 Å². The first kappa shape index (κ1) is 14.3. The molecule has 6 nitrogen and oxygen atoms in total. The maximum Gasteiger partial charge on any atom is 0.243 e. The molecule has 17 heavy (non-hydrogen) atoms. The summed E-state index contributed by atoms with van der Waals surface area (Å²) in [4.78, 5) is 22.5. The third-order valence-electron chi connectivity index (χ3n) is 2.27. The van der Waals surface area contributed by atoms with Gasteiger partial charge in [0.25, 0.3) is 0 Å². The van der Waals surface area contributed by atoms with Crippen LogP contribution in [0.2, 0.25) is 0 Å². The maximum absolute atomic E-state index is 11.7. The van der Waals surface area contributed by atoms with Gasteiger partial charge in [0.05, 0.1) is 25.9 Å². The number of ether oxygens (including phenoxy) is 2. The monoisotopic (exact) mass is 262 g/mol. The van der Waals surface area contributed by atoms with Crippen molar-refractivity contribution < 1.29 is 19.1 Å². The van der Waals surface area contributed by atoms with Crippen molar-refractivity contribution in [3.8, 4) is 0 Å². The number of nitrogens with one attached hydrogen (secondary N) is 2. The summed E-state index contributed by atoms with van der Waals surface area (Å²) in [5.41, 5.74) is 0. The van der Waals surface area contributed by atoms with Crippen molar-refractivity contribution in [2.24, 2.45) is 0 Å². The fourth-order valence-electron chi connectivity index (χ4n) is 1.43. The van der Waals surface area contributed by atoms with E-state index in [4.69, 9.17) is 9.47 Å². The van der Waals surface area contributed by atoms with Crippen molar-refractivity contribution in [1.82, 2.24) is 10.6 Å². The van der Waals surface area contributed by atoms with Gasteiger partial charge in [-0.15, -0.1) is 0 Å². The number of carbonyl (C=O) groups excluding carboxylic acids is 2. The Labute approximate surface area is 106 Å². The summed E-state index contributed by atoms with van der Waals surface area (Å²) in [7, 11) is 0. The molecule has 1 fully saturated rings. The molecule has 0 aromatic carbocycles. The zero-order valence-corrected chi connectivity index (χ0v) is 10.7. The molecule has 1 aliphatic rings. The number of amides is 2. The molecule has 1 aliphatic heterocycles. The topological polar surface area (TPSA) is 76.7 Å². The minimum atomic E-state index is -0.611. The standard InChI is InChI=1S/C10H18N2O4S/c1-7(13)12-9(6-17)10(14)11-4-8-5-15-2-3-16-8/h8-9,17H,2-6H2,1H3,(H,11,14)(H,12,13). The van der Waals surface area contributed by atoms with E-state index in [1.54, 1.807) is 0 Å². The van der Waals surface area contributed by atoms with Crippen molar-refractivity contribution in [2.75, 3.05) is 32.1 Å². The Bertz CT molecular complexity index is 269. The van der Waals surface area contributed by atoms with Crippen LogP contribution in [-0.4, -0.2) is 56.1 Å². The average molecular weight is 262 g/mol.